The summed E-state index contributed by atoms with van der Waals surface area (Å²) in [6.07, 6.45) is 7.18. The molecule has 2 heterocycles. The molecule has 1 aromatic rings. The summed E-state index contributed by atoms with van der Waals surface area (Å²) in [7, 11) is 1.96. The van der Waals surface area contributed by atoms with Gasteiger partial charge in [0.25, 0.3) is 0 Å². The summed E-state index contributed by atoms with van der Waals surface area (Å²) in [5, 5.41) is 4.44. The molecule has 0 aliphatic carbocycles. The number of rotatable bonds is 3. The Labute approximate surface area is 102 Å². The molecular formula is C12H20ClN3. The van der Waals surface area contributed by atoms with Crippen molar-refractivity contribution in [2.75, 3.05) is 12.4 Å². The molecule has 0 radical (unpaired) electrons. The molecule has 90 valence electrons. The maximum atomic E-state index is 6.05. The van der Waals surface area contributed by atoms with Crippen LogP contribution in [-0.4, -0.2) is 33.1 Å². The van der Waals surface area contributed by atoms with E-state index >= 15 is 0 Å². The van der Waals surface area contributed by atoms with E-state index in [0.717, 1.165) is 24.7 Å². The molecule has 0 amide bonds. The number of aromatic nitrogens is 2. The van der Waals surface area contributed by atoms with E-state index in [-0.39, 0.29) is 0 Å². The molecule has 0 spiro atoms. The zero-order chi connectivity index (χ0) is 11.4. The summed E-state index contributed by atoms with van der Waals surface area (Å²) in [4.78, 5) is 2.49. The standard InChI is InChI=1S/C12H20ClN3/c1-15-8-6-11(14-15)10-16-7-4-2-3-5-12(16)9-13/h6,8,12H,2-5,7,9-10H2,1H3. The fourth-order valence-electron chi connectivity index (χ4n) is 2.38. The molecule has 0 aromatic carbocycles. The van der Waals surface area contributed by atoms with Crippen molar-refractivity contribution in [3.63, 3.8) is 0 Å². The summed E-state index contributed by atoms with van der Waals surface area (Å²) in [5.41, 5.74) is 1.15. The smallest absolute Gasteiger partial charge is 0.0764 e. The normalized spacial score (nSPS) is 23.2. The minimum Gasteiger partial charge on any atom is -0.293 e. The van der Waals surface area contributed by atoms with E-state index < -0.39 is 0 Å². The van der Waals surface area contributed by atoms with Gasteiger partial charge in [0.2, 0.25) is 0 Å². The quantitative estimate of drug-likeness (QED) is 0.758. The number of hydrogen-bond donors (Lipinski definition) is 0. The van der Waals surface area contributed by atoms with Crippen molar-refractivity contribution in [2.45, 2.75) is 38.3 Å². The van der Waals surface area contributed by atoms with Gasteiger partial charge in [-0.3, -0.25) is 9.58 Å². The average Bonchev–Trinajstić information content (AvgIpc) is 2.56. The zero-order valence-electron chi connectivity index (χ0n) is 9.90. The van der Waals surface area contributed by atoms with Crippen molar-refractivity contribution in [1.82, 2.24) is 14.7 Å². The predicted octanol–water partition coefficient (Wildman–Crippen LogP) is 2.40. The fourth-order valence-corrected chi connectivity index (χ4v) is 2.72. The lowest BCUT2D eigenvalue weighted by atomic mass is 10.1. The van der Waals surface area contributed by atoms with Gasteiger partial charge in [0, 0.05) is 31.7 Å². The van der Waals surface area contributed by atoms with Crippen molar-refractivity contribution in [1.29, 1.82) is 0 Å². The number of nitrogens with zero attached hydrogens (tertiary/aromatic N) is 3. The topological polar surface area (TPSA) is 21.1 Å². The van der Waals surface area contributed by atoms with E-state index in [1.54, 1.807) is 0 Å². The molecule has 0 saturated carbocycles. The molecule has 2 rings (SSSR count). The van der Waals surface area contributed by atoms with Crippen LogP contribution in [0.2, 0.25) is 0 Å². The molecule has 16 heavy (non-hydrogen) atoms. The van der Waals surface area contributed by atoms with Crippen molar-refractivity contribution in [3.05, 3.63) is 18.0 Å². The Bertz CT molecular complexity index is 324. The first-order valence-corrected chi connectivity index (χ1v) is 6.61. The van der Waals surface area contributed by atoms with Gasteiger partial charge in [0.1, 0.15) is 0 Å². The highest BCUT2D eigenvalue weighted by molar-refractivity contribution is 6.18. The van der Waals surface area contributed by atoms with Gasteiger partial charge in [-0.2, -0.15) is 5.10 Å². The fraction of sp³-hybridized carbons (Fsp3) is 0.750. The molecular weight excluding hydrogens is 222 g/mol. The van der Waals surface area contributed by atoms with Gasteiger partial charge in [0.05, 0.1) is 5.69 Å². The molecule has 1 saturated heterocycles. The highest BCUT2D eigenvalue weighted by Crippen LogP contribution is 2.19. The molecule has 0 bridgehead atoms. The second kappa shape index (κ2) is 5.69. The second-order valence-corrected chi connectivity index (χ2v) is 4.92. The largest absolute Gasteiger partial charge is 0.293 e. The van der Waals surface area contributed by atoms with Crippen LogP contribution in [0.15, 0.2) is 12.3 Å². The molecule has 1 fully saturated rings. The van der Waals surface area contributed by atoms with Crippen LogP contribution in [-0.2, 0) is 13.6 Å². The van der Waals surface area contributed by atoms with Crippen LogP contribution >= 0.6 is 11.6 Å². The molecule has 4 heteroatoms. The Kier molecular flexibility index (Phi) is 4.24. The zero-order valence-corrected chi connectivity index (χ0v) is 10.7. The molecule has 1 atom stereocenters. The first kappa shape index (κ1) is 11.9. The predicted molar refractivity (Wildman–Crippen MR) is 66.6 cm³/mol. The van der Waals surface area contributed by atoms with Crippen LogP contribution in [0, 0.1) is 0 Å². The van der Waals surface area contributed by atoms with Crippen molar-refractivity contribution >= 4 is 11.6 Å². The monoisotopic (exact) mass is 241 g/mol. The third-order valence-electron chi connectivity index (χ3n) is 3.31. The minimum atomic E-state index is 0.533. The summed E-state index contributed by atoms with van der Waals surface area (Å²) >= 11 is 6.05. The number of aryl methyl sites for hydroxylation is 1. The third kappa shape index (κ3) is 2.98. The highest BCUT2D eigenvalue weighted by Gasteiger charge is 2.20. The summed E-state index contributed by atoms with van der Waals surface area (Å²) < 4.78 is 1.86. The first-order chi connectivity index (χ1) is 7.79. The van der Waals surface area contributed by atoms with Crippen LogP contribution in [0.4, 0.5) is 0 Å². The molecule has 1 aliphatic heterocycles. The van der Waals surface area contributed by atoms with Crippen LogP contribution in [0.3, 0.4) is 0 Å². The summed E-state index contributed by atoms with van der Waals surface area (Å²) in [5.74, 6) is 0.743. The molecule has 1 aliphatic rings. The summed E-state index contributed by atoms with van der Waals surface area (Å²) in [6.45, 7) is 2.10. The van der Waals surface area contributed by atoms with Crippen LogP contribution in [0.1, 0.15) is 31.4 Å². The van der Waals surface area contributed by atoms with E-state index in [0.29, 0.717) is 6.04 Å². The van der Waals surface area contributed by atoms with Crippen LogP contribution in [0.5, 0.6) is 0 Å². The Hall–Kier alpha value is -0.540. The SMILES string of the molecule is Cn1ccc(CN2CCCCCC2CCl)n1. The average molecular weight is 242 g/mol. The number of likely N-dealkylation sites (tertiary alicyclic amines) is 1. The molecule has 1 unspecified atom stereocenters. The van der Waals surface area contributed by atoms with Gasteiger partial charge in [-0.1, -0.05) is 12.8 Å². The number of hydrogen-bond acceptors (Lipinski definition) is 2. The Morgan fingerprint density at radius 2 is 2.31 bits per heavy atom. The lowest BCUT2D eigenvalue weighted by molar-refractivity contribution is 0.204. The van der Waals surface area contributed by atoms with Gasteiger partial charge >= 0.3 is 0 Å². The van der Waals surface area contributed by atoms with Crippen molar-refractivity contribution in [2.24, 2.45) is 7.05 Å². The van der Waals surface area contributed by atoms with E-state index in [1.807, 2.05) is 17.9 Å². The van der Waals surface area contributed by atoms with Crippen LogP contribution in [0.25, 0.3) is 0 Å². The number of alkyl halides is 1. The van der Waals surface area contributed by atoms with E-state index in [1.165, 1.54) is 25.7 Å². The van der Waals surface area contributed by atoms with Crippen molar-refractivity contribution in [3.8, 4) is 0 Å². The van der Waals surface area contributed by atoms with Gasteiger partial charge < -0.3 is 0 Å². The van der Waals surface area contributed by atoms with Gasteiger partial charge in [0.15, 0.2) is 0 Å². The third-order valence-corrected chi connectivity index (χ3v) is 3.67. The maximum Gasteiger partial charge on any atom is 0.0764 e. The van der Waals surface area contributed by atoms with Gasteiger partial charge in [-0.05, 0) is 25.5 Å². The van der Waals surface area contributed by atoms with Crippen LogP contribution < -0.4 is 0 Å². The van der Waals surface area contributed by atoms with Crippen molar-refractivity contribution < 1.29 is 0 Å². The molecule has 0 N–H and O–H groups in total. The highest BCUT2D eigenvalue weighted by atomic mass is 35.5. The van der Waals surface area contributed by atoms with Gasteiger partial charge in [-0.25, -0.2) is 0 Å². The Morgan fingerprint density at radius 3 is 3.00 bits per heavy atom. The lowest BCUT2D eigenvalue weighted by Crippen LogP contribution is -2.35. The minimum absolute atomic E-state index is 0.533. The Balaban J connectivity index is 1.99. The summed E-state index contributed by atoms with van der Waals surface area (Å²) in [6, 6.07) is 2.63. The second-order valence-electron chi connectivity index (χ2n) is 4.61. The maximum absolute atomic E-state index is 6.05. The number of halogens is 1. The van der Waals surface area contributed by atoms with E-state index in [9.17, 15) is 0 Å². The molecule has 1 aromatic heterocycles. The Morgan fingerprint density at radius 1 is 1.44 bits per heavy atom. The van der Waals surface area contributed by atoms with E-state index in [4.69, 9.17) is 11.6 Å². The molecule has 3 nitrogen and oxygen atoms in total. The lowest BCUT2D eigenvalue weighted by Gasteiger charge is -2.27. The van der Waals surface area contributed by atoms with Gasteiger partial charge in [-0.15, -0.1) is 11.6 Å². The first-order valence-electron chi connectivity index (χ1n) is 6.08. The van der Waals surface area contributed by atoms with E-state index in [2.05, 4.69) is 16.1 Å².